The standard InChI is InChI=1S/C10H16ClN5/c1-3-10(4-5-10)6-13-9-15-7(11)14-8(12-2)16-9/h3-6H2,1-2H3,(H2,12,13,14,15,16). The Bertz CT molecular complexity index is 377. The van der Waals surface area contributed by atoms with Crippen molar-refractivity contribution in [2.24, 2.45) is 5.41 Å². The van der Waals surface area contributed by atoms with Crippen LogP contribution in [0, 0.1) is 5.41 Å². The first kappa shape index (κ1) is 11.4. The Labute approximate surface area is 100 Å². The van der Waals surface area contributed by atoms with Crippen LogP contribution in [0.5, 0.6) is 0 Å². The van der Waals surface area contributed by atoms with Gasteiger partial charge in [-0.2, -0.15) is 15.0 Å². The Kier molecular flexibility index (Phi) is 3.14. The maximum absolute atomic E-state index is 5.79. The lowest BCUT2D eigenvalue weighted by molar-refractivity contribution is 0.519. The fraction of sp³-hybridized carbons (Fsp3) is 0.700. The lowest BCUT2D eigenvalue weighted by atomic mass is 10.0. The molecule has 1 fully saturated rings. The molecule has 1 aromatic heterocycles. The Morgan fingerprint density at radius 2 is 1.94 bits per heavy atom. The summed E-state index contributed by atoms with van der Waals surface area (Å²) in [5.41, 5.74) is 0.457. The highest BCUT2D eigenvalue weighted by molar-refractivity contribution is 6.28. The van der Waals surface area contributed by atoms with Gasteiger partial charge in [-0.05, 0) is 36.3 Å². The van der Waals surface area contributed by atoms with Crippen LogP contribution in [0.3, 0.4) is 0 Å². The van der Waals surface area contributed by atoms with Gasteiger partial charge in [0.2, 0.25) is 17.2 Å². The topological polar surface area (TPSA) is 62.7 Å². The number of nitrogens with one attached hydrogen (secondary N) is 2. The molecule has 0 unspecified atom stereocenters. The Hall–Kier alpha value is -1.10. The zero-order valence-electron chi connectivity index (χ0n) is 9.55. The van der Waals surface area contributed by atoms with Crippen LogP contribution in [0.1, 0.15) is 26.2 Å². The molecule has 16 heavy (non-hydrogen) atoms. The van der Waals surface area contributed by atoms with Crippen LogP contribution >= 0.6 is 11.6 Å². The van der Waals surface area contributed by atoms with Crippen molar-refractivity contribution in [1.82, 2.24) is 15.0 Å². The average molecular weight is 242 g/mol. The largest absolute Gasteiger partial charge is 0.357 e. The molecule has 2 N–H and O–H groups in total. The summed E-state index contributed by atoms with van der Waals surface area (Å²) in [6.45, 7) is 3.13. The second-order valence-corrected chi connectivity index (χ2v) is 4.55. The molecule has 0 saturated heterocycles. The molecule has 2 rings (SSSR count). The van der Waals surface area contributed by atoms with Gasteiger partial charge in [0.25, 0.3) is 0 Å². The van der Waals surface area contributed by atoms with Crippen LogP contribution in [-0.4, -0.2) is 28.5 Å². The van der Waals surface area contributed by atoms with E-state index in [1.807, 2.05) is 0 Å². The van der Waals surface area contributed by atoms with E-state index in [1.54, 1.807) is 7.05 Å². The number of rotatable bonds is 5. The molecule has 0 radical (unpaired) electrons. The molecule has 0 aliphatic heterocycles. The van der Waals surface area contributed by atoms with Crippen molar-refractivity contribution in [3.8, 4) is 0 Å². The minimum atomic E-state index is 0.211. The lowest BCUT2D eigenvalue weighted by Crippen LogP contribution is -2.16. The van der Waals surface area contributed by atoms with Crippen LogP contribution < -0.4 is 10.6 Å². The zero-order chi connectivity index (χ0) is 11.6. The van der Waals surface area contributed by atoms with Gasteiger partial charge < -0.3 is 10.6 Å². The molecule has 0 atom stereocenters. The van der Waals surface area contributed by atoms with E-state index in [1.165, 1.54) is 19.3 Å². The van der Waals surface area contributed by atoms with Crippen molar-refractivity contribution < 1.29 is 0 Å². The quantitative estimate of drug-likeness (QED) is 0.827. The van der Waals surface area contributed by atoms with Gasteiger partial charge in [-0.15, -0.1) is 0 Å². The molecule has 0 amide bonds. The van der Waals surface area contributed by atoms with Gasteiger partial charge in [0.1, 0.15) is 0 Å². The summed E-state index contributed by atoms with van der Waals surface area (Å²) in [6.07, 6.45) is 3.76. The van der Waals surface area contributed by atoms with Crippen molar-refractivity contribution in [3.05, 3.63) is 5.28 Å². The highest BCUT2D eigenvalue weighted by Crippen LogP contribution is 2.48. The first-order valence-corrected chi connectivity index (χ1v) is 5.88. The first-order chi connectivity index (χ1) is 7.67. The molecule has 1 aliphatic carbocycles. The van der Waals surface area contributed by atoms with E-state index in [2.05, 4.69) is 32.5 Å². The summed E-state index contributed by atoms with van der Waals surface area (Å²) < 4.78 is 0. The summed E-state index contributed by atoms with van der Waals surface area (Å²) in [6, 6.07) is 0. The Morgan fingerprint density at radius 3 is 2.50 bits per heavy atom. The van der Waals surface area contributed by atoms with E-state index < -0.39 is 0 Å². The van der Waals surface area contributed by atoms with Crippen LogP contribution in [0.4, 0.5) is 11.9 Å². The van der Waals surface area contributed by atoms with Crippen LogP contribution in [-0.2, 0) is 0 Å². The third-order valence-corrected chi connectivity index (χ3v) is 3.33. The van der Waals surface area contributed by atoms with Gasteiger partial charge in [0.15, 0.2) is 0 Å². The third-order valence-electron chi connectivity index (χ3n) is 3.16. The smallest absolute Gasteiger partial charge is 0.228 e. The van der Waals surface area contributed by atoms with E-state index in [9.17, 15) is 0 Å². The van der Waals surface area contributed by atoms with Crippen molar-refractivity contribution >= 4 is 23.5 Å². The summed E-state index contributed by atoms with van der Waals surface area (Å²) in [5, 5.41) is 6.29. The van der Waals surface area contributed by atoms with Gasteiger partial charge in [-0.25, -0.2) is 0 Å². The molecule has 88 valence electrons. The van der Waals surface area contributed by atoms with E-state index in [4.69, 9.17) is 11.6 Å². The number of aromatic nitrogens is 3. The molecule has 0 bridgehead atoms. The van der Waals surface area contributed by atoms with E-state index in [0.29, 0.717) is 17.3 Å². The van der Waals surface area contributed by atoms with Crippen LogP contribution in [0.25, 0.3) is 0 Å². The van der Waals surface area contributed by atoms with E-state index in [0.717, 1.165) is 6.54 Å². The number of halogens is 1. The number of hydrogen-bond donors (Lipinski definition) is 2. The molecule has 1 aliphatic rings. The van der Waals surface area contributed by atoms with Gasteiger partial charge in [-0.1, -0.05) is 6.92 Å². The van der Waals surface area contributed by atoms with Crippen molar-refractivity contribution in [2.45, 2.75) is 26.2 Å². The van der Waals surface area contributed by atoms with Crippen LogP contribution in [0.2, 0.25) is 5.28 Å². The van der Waals surface area contributed by atoms with Crippen LogP contribution in [0.15, 0.2) is 0 Å². The predicted molar refractivity (Wildman–Crippen MR) is 64.8 cm³/mol. The second kappa shape index (κ2) is 4.41. The third kappa shape index (κ3) is 2.52. The summed E-state index contributed by atoms with van der Waals surface area (Å²) in [5.74, 6) is 1.04. The lowest BCUT2D eigenvalue weighted by Gasteiger charge is -2.13. The Balaban J connectivity index is 2.01. The number of nitrogens with zero attached hydrogens (tertiary/aromatic N) is 3. The maximum atomic E-state index is 5.79. The molecule has 1 heterocycles. The van der Waals surface area contributed by atoms with Gasteiger partial charge >= 0.3 is 0 Å². The minimum Gasteiger partial charge on any atom is -0.357 e. The number of anilines is 2. The average Bonchev–Trinajstić information content (AvgIpc) is 3.06. The molecular weight excluding hydrogens is 226 g/mol. The number of hydrogen-bond acceptors (Lipinski definition) is 5. The Morgan fingerprint density at radius 1 is 1.25 bits per heavy atom. The summed E-state index contributed by atoms with van der Waals surface area (Å²) in [4.78, 5) is 12.2. The zero-order valence-corrected chi connectivity index (χ0v) is 10.3. The van der Waals surface area contributed by atoms with Crippen molar-refractivity contribution in [1.29, 1.82) is 0 Å². The van der Waals surface area contributed by atoms with E-state index in [-0.39, 0.29) is 5.28 Å². The molecule has 1 saturated carbocycles. The van der Waals surface area contributed by atoms with E-state index >= 15 is 0 Å². The fourth-order valence-corrected chi connectivity index (χ4v) is 1.80. The minimum absolute atomic E-state index is 0.211. The van der Waals surface area contributed by atoms with Crippen molar-refractivity contribution in [2.75, 3.05) is 24.2 Å². The molecule has 6 heteroatoms. The molecule has 0 spiro atoms. The second-order valence-electron chi connectivity index (χ2n) is 4.21. The van der Waals surface area contributed by atoms with Gasteiger partial charge in [0.05, 0.1) is 0 Å². The molecule has 0 aromatic carbocycles. The van der Waals surface area contributed by atoms with Crippen molar-refractivity contribution in [3.63, 3.8) is 0 Å². The highest BCUT2D eigenvalue weighted by Gasteiger charge is 2.40. The first-order valence-electron chi connectivity index (χ1n) is 5.51. The van der Waals surface area contributed by atoms with Gasteiger partial charge in [0, 0.05) is 13.6 Å². The summed E-state index contributed by atoms with van der Waals surface area (Å²) in [7, 11) is 1.75. The molecular formula is C10H16ClN5. The monoisotopic (exact) mass is 241 g/mol. The highest BCUT2D eigenvalue weighted by atomic mass is 35.5. The SMILES string of the molecule is CCC1(CNc2nc(Cl)nc(NC)n2)CC1. The predicted octanol–water partition coefficient (Wildman–Crippen LogP) is 2.17. The molecule has 5 nitrogen and oxygen atoms in total. The molecule has 1 aromatic rings. The summed E-state index contributed by atoms with van der Waals surface area (Å²) >= 11 is 5.79. The normalized spacial score (nSPS) is 16.9. The maximum Gasteiger partial charge on any atom is 0.228 e. The van der Waals surface area contributed by atoms with Gasteiger partial charge in [-0.3, -0.25) is 0 Å². The fourth-order valence-electron chi connectivity index (χ4n) is 1.64.